The largest absolute Gasteiger partial charge is 0.391 e. The predicted octanol–water partition coefficient (Wildman–Crippen LogP) is 1.08. The maximum atomic E-state index is 12.4. The summed E-state index contributed by atoms with van der Waals surface area (Å²) >= 11 is 0. The van der Waals surface area contributed by atoms with E-state index < -0.39 is 6.10 Å². The number of benzene rings is 1. The molecule has 0 spiro atoms. The van der Waals surface area contributed by atoms with Crippen LogP contribution in [0.2, 0.25) is 0 Å². The van der Waals surface area contributed by atoms with Crippen molar-refractivity contribution in [3.8, 4) is 0 Å². The van der Waals surface area contributed by atoms with E-state index in [-0.39, 0.29) is 11.8 Å². The van der Waals surface area contributed by atoms with E-state index in [4.69, 9.17) is 4.74 Å². The molecule has 0 bridgehead atoms. The maximum Gasteiger partial charge on any atom is 0.254 e. The minimum Gasteiger partial charge on any atom is -0.391 e. The molecule has 1 aromatic rings. The third-order valence-corrected chi connectivity index (χ3v) is 4.10. The van der Waals surface area contributed by atoms with Crippen LogP contribution in [0.15, 0.2) is 24.3 Å². The van der Waals surface area contributed by atoms with Gasteiger partial charge in [-0.15, -0.1) is 0 Å². The van der Waals surface area contributed by atoms with Gasteiger partial charge in [0.05, 0.1) is 12.7 Å². The van der Waals surface area contributed by atoms with Crippen molar-refractivity contribution in [1.29, 1.82) is 0 Å². The van der Waals surface area contributed by atoms with Gasteiger partial charge in [0.1, 0.15) is 0 Å². The highest BCUT2D eigenvalue weighted by Crippen LogP contribution is 2.22. The monoisotopic (exact) mass is 261 g/mol. The summed E-state index contributed by atoms with van der Waals surface area (Å²) < 4.78 is 5.29. The number of ether oxygens (including phenoxy) is 1. The van der Waals surface area contributed by atoms with Crippen molar-refractivity contribution in [2.45, 2.75) is 18.9 Å². The molecule has 0 radical (unpaired) electrons. The van der Waals surface area contributed by atoms with Crippen molar-refractivity contribution in [2.75, 3.05) is 26.3 Å². The van der Waals surface area contributed by atoms with Crippen LogP contribution in [0.3, 0.4) is 0 Å². The van der Waals surface area contributed by atoms with Gasteiger partial charge in [0.25, 0.3) is 5.91 Å². The fourth-order valence-corrected chi connectivity index (χ4v) is 2.88. The number of aliphatic hydroxyl groups is 1. The molecule has 19 heavy (non-hydrogen) atoms. The summed E-state index contributed by atoms with van der Waals surface area (Å²) in [6.07, 6.45) is 1.28. The van der Waals surface area contributed by atoms with Crippen LogP contribution >= 0.6 is 0 Å². The molecule has 2 aliphatic rings. The highest BCUT2D eigenvalue weighted by molar-refractivity contribution is 5.96. The van der Waals surface area contributed by atoms with Gasteiger partial charge in [-0.2, -0.15) is 0 Å². The first-order chi connectivity index (χ1) is 9.25. The van der Waals surface area contributed by atoms with Crippen molar-refractivity contribution >= 4 is 5.91 Å². The lowest BCUT2D eigenvalue weighted by Crippen LogP contribution is -2.44. The smallest absolute Gasteiger partial charge is 0.254 e. The van der Waals surface area contributed by atoms with E-state index in [0.29, 0.717) is 19.7 Å². The molecule has 4 nitrogen and oxygen atoms in total. The maximum absolute atomic E-state index is 12.4. The zero-order valence-corrected chi connectivity index (χ0v) is 10.9. The number of aliphatic hydroxyl groups excluding tert-OH is 1. The molecule has 1 amide bonds. The van der Waals surface area contributed by atoms with E-state index in [0.717, 1.165) is 30.6 Å². The Kier molecular flexibility index (Phi) is 3.53. The Balaban J connectivity index is 1.68. The Labute approximate surface area is 113 Å². The number of nitrogens with zero attached hydrogens (tertiary/aromatic N) is 1. The van der Waals surface area contributed by atoms with E-state index >= 15 is 0 Å². The van der Waals surface area contributed by atoms with Crippen LogP contribution in [0, 0.1) is 5.92 Å². The molecule has 0 aliphatic carbocycles. The number of amides is 1. The van der Waals surface area contributed by atoms with Crippen LogP contribution in [-0.2, 0) is 11.2 Å². The first kappa shape index (κ1) is 12.6. The first-order valence-corrected chi connectivity index (χ1v) is 6.88. The second-order valence-corrected chi connectivity index (χ2v) is 5.35. The van der Waals surface area contributed by atoms with Crippen molar-refractivity contribution < 1.29 is 14.6 Å². The summed E-state index contributed by atoms with van der Waals surface area (Å²) in [6, 6.07) is 7.73. The Bertz CT molecular complexity index is 468. The molecule has 2 aliphatic heterocycles. The molecule has 4 heteroatoms. The molecule has 3 rings (SSSR count). The van der Waals surface area contributed by atoms with E-state index in [9.17, 15) is 9.90 Å². The zero-order valence-electron chi connectivity index (χ0n) is 10.9. The van der Waals surface area contributed by atoms with Crippen LogP contribution in [0.1, 0.15) is 22.3 Å². The molecule has 2 unspecified atom stereocenters. The van der Waals surface area contributed by atoms with Gasteiger partial charge in [-0.05, 0) is 24.5 Å². The summed E-state index contributed by atoms with van der Waals surface area (Å²) in [5.41, 5.74) is 1.89. The predicted molar refractivity (Wildman–Crippen MR) is 71.0 cm³/mol. The Morgan fingerprint density at radius 1 is 1.42 bits per heavy atom. The lowest BCUT2D eigenvalue weighted by atomic mass is 9.97. The second-order valence-electron chi connectivity index (χ2n) is 5.35. The molecule has 2 heterocycles. The van der Waals surface area contributed by atoms with Crippen LogP contribution < -0.4 is 0 Å². The van der Waals surface area contributed by atoms with Gasteiger partial charge in [-0.25, -0.2) is 0 Å². The van der Waals surface area contributed by atoms with Crippen molar-refractivity contribution in [2.24, 2.45) is 5.92 Å². The molecular formula is C15H19NO3. The Morgan fingerprint density at radius 2 is 2.26 bits per heavy atom. The average molecular weight is 261 g/mol. The van der Waals surface area contributed by atoms with Crippen LogP contribution in [0.4, 0.5) is 0 Å². The fourth-order valence-electron chi connectivity index (χ4n) is 2.88. The molecule has 0 saturated carbocycles. The molecule has 102 valence electrons. The number of carbonyl (C=O) groups is 1. The normalized spacial score (nSPS) is 24.4. The summed E-state index contributed by atoms with van der Waals surface area (Å²) in [4.78, 5) is 14.1. The zero-order chi connectivity index (χ0) is 13.2. The average Bonchev–Trinajstić information content (AvgIpc) is 2.96. The summed E-state index contributed by atoms with van der Waals surface area (Å²) in [5.74, 6) is 0.213. The number of rotatable bonds is 3. The number of hydrogen-bond donors (Lipinski definition) is 1. The molecular weight excluding hydrogens is 242 g/mol. The summed E-state index contributed by atoms with van der Waals surface area (Å²) in [5, 5.41) is 10.2. The van der Waals surface area contributed by atoms with Gasteiger partial charge in [0, 0.05) is 31.2 Å². The van der Waals surface area contributed by atoms with Crippen molar-refractivity contribution in [3.05, 3.63) is 35.4 Å². The Morgan fingerprint density at radius 3 is 3.05 bits per heavy atom. The van der Waals surface area contributed by atoms with Crippen LogP contribution in [-0.4, -0.2) is 48.3 Å². The quantitative estimate of drug-likeness (QED) is 0.886. The number of fused-ring (bicyclic) bond motifs is 1. The first-order valence-electron chi connectivity index (χ1n) is 6.88. The summed E-state index contributed by atoms with van der Waals surface area (Å²) in [6.45, 7) is 2.44. The SMILES string of the molecule is O=C1c2ccccc2CCN1CC(O)C1CCOC1. The van der Waals surface area contributed by atoms with Crippen molar-refractivity contribution in [3.63, 3.8) is 0 Å². The topological polar surface area (TPSA) is 49.8 Å². The van der Waals surface area contributed by atoms with E-state index in [1.807, 2.05) is 24.3 Å². The van der Waals surface area contributed by atoms with Gasteiger partial charge < -0.3 is 14.7 Å². The van der Waals surface area contributed by atoms with E-state index in [1.165, 1.54) is 0 Å². The molecule has 2 atom stereocenters. The van der Waals surface area contributed by atoms with Gasteiger partial charge in [0.2, 0.25) is 0 Å². The standard InChI is InChI=1S/C15H19NO3/c17-14(12-6-8-19-10-12)9-16-7-5-11-3-1-2-4-13(11)15(16)18/h1-4,12,14,17H,5-10H2. The fraction of sp³-hybridized carbons (Fsp3) is 0.533. The minimum absolute atomic E-state index is 0.0415. The molecule has 1 fully saturated rings. The third kappa shape index (κ3) is 2.51. The van der Waals surface area contributed by atoms with Gasteiger partial charge in [0.15, 0.2) is 0 Å². The lowest BCUT2D eigenvalue weighted by molar-refractivity contribution is 0.0422. The third-order valence-electron chi connectivity index (χ3n) is 4.10. The van der Waals surface area contributed by atoms with Crippen LogP contribution in [0.5, 0.6) is 0 Å². The molecule has 1 aromatic carbocycles. The van der Waals surface area contributed by atoms with E-state index in [2.05, 4.69) is 0 Å². The van der Waals surface area contributed by atoms with Crippen molar-refractivity contribution in [1.82, 2.24) is 4.90 Å². The highest BCUT2D eigenvalue weighted by Gasteiger charge is 2.30. The Hall–Kier alpha value is -1.39. The molecule has 1 saturated heterocycles. The molecule has 0 aromatic heterocycles. The van der Waals surface area contributed by atoms with Gasteiger partial charge >= 0.3 is 0 Å². The summed E-state index contributed by atoms with van der Waals surface area (Å²) in [7, 11) is 0. The van der Waals surface area contributed by atoms with E-state index in [1.54, 1.807) is 4.90 Å². The number of β-amino-alcohol motifs (C(OH)–C–C–N with tert-alkyl or cyclic N) is 1. The minimum atomic E-state index is -0.475. The van der Waals surface area contributed by atoms with Crippen LogP contribution in [0.25, 0.3) is 0 Å². The van der Waals surface area contributed by atoms with Gasteiger partial charge in [-0.1, -0.05) is 18.2 Å². The molecule has 1 N–H and O–H groups in total. The highest BCUT2D eigenvalue weighted by atomic mass is 16.5. The number of carbonyl (C=O) groups excluding carboxylic acids is 1. The number of hydrogen-bond acceptors (Lipinski definition) is 3. The van der Waals surface area contributed by atoms with Gasteiger partial charge in [-0.3, -0.25) is 4.79 Å². The second kappa shape index (κ2) is 5.31. The lowest BCUT2D eigenvalue weighted by Gasteiger charge is -2.31.